The van der Waals surface area contributed by atoms with Gasteiger partial charge in [-0.25, -0.2) is 0 Å². The van der Waals surface area contributed by atoms with Gasteiger partial charge in [0.2, 0.25) is 0 Å². The second kappa shape index (κ2) is 6.87. The van der Waals surface area contributed by atoms with Gasteiger partial charge < -0.3 is 9.64 Å². The number of anilines is 1. The van der Waals surface area contributed by atoms with Crippen molar-refractivity contribution in [1.82, 2.24) is 0 Å². The zero-order valence-electron chi connectivity index (χ0n) is 10.4. The first-order valence-corrected chi connectivity index (χ1v) is 6.02. The van der Waals surface area contributed by atoms with Crippen molar-refractivity contribution >= 4 is 23.3 Å². The van der Waals surface area contributed by atoms with Gasteiger partial charge in [0, 0.05) is 18.6 Å². The molecule has 96 valence electrons. The van der Waals surface area contributed by atoms with Crippen LogP contribution in [0.1, 0.15) is 18.9 Å². The van der Waals surface area contributed by atoms with Crippen LogP contribution >= 0.6 is 11.6 Å². The summed E-state index contributed by atoms with van der Waals surface area (Å²) in [6.45, 7) is 2.63. The first kappa shape index (κ1) is 14.3. The molecule has 4 nitrogen and oxygen atoms in total. The summed E-state index contributed by atoms with van der Waals surface area (Å²) in [6, 6.07) is 7.15. The molecule has 5 heteroatoms. The van der Waals surface area contributed by atoms with Crippen molar-refractivity contribution < 1.29 is 9.53 Å². The van der Waals surface area contributed by atoms with Gasteiger partial charge in [-0.2, -0.15) is 5.26 Å². The minimum Gasteiger partial charge on any atom is -0.466 e. The highest BCUT2D eigenvalue weighted by atomic mass is 35.5. The van der Waals surface area contributed by atoms with Gasteiger partial charge in [-0.05, 0) is 25.1 Å². The third-order valence-corrected chi connectivity index (χ3v) is 2.68. The van der Waals surface area contributed by atoms with E-state index in [1.54, 1.807) is 25.1 Å². The van der Waals surface area contributed by atoms with Crippen LogP contribution in [0.5, 0.6) is 0 Å². The molecule has 0 atom stereocenters. The van der Waals surface area contributed by atoms with E-state index in [2.05, 4.69) is 6.07 Å². The zero-order chi connectivity index (χ0) is 13.5. The molecule has 18 heavy (non-hydrogen) atoms. The highest BCUT2D eigenvalue weighted by molar-refractivity contribution is 6.30. The molecule has 1 aromatic carbocycles. The Labute approximate surface area is 112 Å². The third kappa shape index (κ3) is 3.94. The number of nitrogens with zero attached hydrogens (tertiary/aromatic N) is 2. The van der Waals surface area contributed by atoms with Crippen LogP contribution in [0.2, 0.25) is 5.02 Å². The first-order valence-electron chi connectivity index (χ1n) is 5.65. The van der Waals surface area contributed by atoms with Crippen molar-refractivity contribution in [3.05, 3.63) is 28.8 Å². The maximum atomic E-state index is 11.3. The van der Waals surface area contributed by atoms with Gasteiger partial charge in [0.1, 0.15) is 6.07 Å². The summed E-state index contributed by atoms with van der Waals surface area (Å²) >= 11 is 5.90. The molecule has 0 radical (unpaired) electrons. The lowest BCUT2D eigenvalue weighted by Crippen LogP contribution is -2.22. The number of carbonyl (C=O) groups excluding carboxylic acids is 1. The van der Waals surface area contributed by atoms with Gasteiger partial charge in [0.25, 0.3) is 0 Å². The Morgan fingerprint density at radius 2 is 2.28 bits per heavy atom. The summed E-state index contributed by atoms with van der Waals surface area (Å²) in [5.74, 6) is -0.245. The van der Waals surface area contributed by atoms with Crippen LogP contribution in [-0.2, 0) is 9.53 Å². The molecular formula is C13H15ClN2O2. The third-order valence-electron chi connectivity index (χ3n) is 2.45. The van der Waals surface area contributed by atoms with Crippen LogP contribution in [0.4, 0.5) is 5.69 Å². The number of carbonyl (C=O) groups is 1. The normalized spacial score (nSPS) is 9.67. The number of rotatable bonds is 5. The Morgan fingerprint density at radius 3 is 2.89 bits per heavy atom. The Balaban J connectivity index is 2.72. The predicted octanol–water partition coefficient (Wildman–Crippen LogP) is 2.60. The highest BCUT2D eigenvalue weighted by Gasteiger charge is 2.10. The molecule has 1 aromatic rings. The average molecular weight is 267 g/mol. The largest absolute Gasteiger partial charge is 0.466 e. The molecule has 0 fully saturated rings. The summed E-state index contributed by atoms with van der Waals surface area (Å²) in [5, 5.41) is 9.57. The lowest BCUT2D eigenvalue weighted by atomic mass is 10.2. The Bertz CT molecular complexity index is 469. The summed E-state index contributed by atoms with van der Waals surface area (Å²) in [4.78, 5) is 13.1. The van der Waals surface area contributed by atoms with E-state index < -0.39 is 0 Å². The fraction of sp³-hybridized carbons (Fsp3) is 0.385. The SMILES string of the molecule is CCOC(=O)CCN(C)c1cc(Cl)ccc1C#N. The van der Waals surface area contributed by atoms with Crippen LogP contribution in [-0.4, -0.2) is 26.2 Å². The standard InChI is InChI=1S/C13H15ClN2O2/c1-3-18-13(17)6-7-16(2)12-8-11(14)5-4-10(12)9-15/h4-5,8H,3,6-7H2,1-2H3. The van der Waals surface area contributed by atoms with E-state index in [9.17, 15) is 4.79 Å². The van der Waals surface area contributed by atoms with Crippen molar-refractivity contribution in [2.75, 3.05) is 25.1 Å². The minimum absolute atomic E-state index is 0.245. The zero-order valence-corrected chi connectivity index (χ0v) is 11.2. The van der Waals surface area contributed by atoms with Crippen molar-refractivity contribution in [3.63, 3.8) is 0 Å². The molecule has 0 aliphatic heterocycles. The molecule has 0 bridgehead atoms. The van der Waals surface area contributed by atoms with E-state index in [1.165, 1.54) is 0 Å². The molecule has 0 saturated carbocycles. The van der Waals surface area contributed by atoms with Crippen molar-refractivity contribution in [2.45, 2.75) is 13.3 Å². The maximum absolute atomic E-state index is 11.3. The number of ether oxygens (including phenoxy) is 1. The number of nitriles is 1. The molecule has 0 aromatic heterocycles. The van der Waals surface area contributed by atoms with E-state index >= 15 is 0 Å². The summed E-state index contributed by atoms with van der Waals surface area (Å²) in [6.07, 6.45) is 0.279. The molecule has 1 rings (SSSR count). The summed E-state index contributed by atoms with van der Waals surface area (Å²) < 4.78 is 4.85. The van der Waals surface area contributed by atoms with Crippen molar-refractivity contribution in [2.24, 2.45) is 0 Å². The molecule has 0 unspecified atom stereocenters. The van der Waals surface area contributed by atoms with Crippen LogP contribution in [0.3, 0.4) is 0 Å². The summed E-state index contributed by atoms with van der Waals surface area (Å²) in [7, 11) is 1.81. The predicted molar refractivity (Wildman–Crippen MR) is 70.7 cm³/mol. The van der Waals surface area contributed by atoms with Crippen molar-refractivity contribution in [3.8, 4) is 6.07 Å². The van der Waals surface area contributed by atoms with E-state index in [0.29, 0.717) is 29.4 Å². The maximum Gasteiger partial charge on any atom is 0.307 e. The molecule has 0 aliphatic rings. The van der Waals surface area contributed by atoms with Crippen molar-refractivity contribution in [1.29, 1.82) is 5.26 Å². The van der Waals surface area contributed by atoms with Gasteiger partial charge in [0.15, 0.2) is 0 Å². The second-order valence-corrected chi connectivity index (χ2v) is 4.19. The minimum atomic E-state index is -0.245. The van der Waals surface area contributed by atoms with Gasteiger partial charge in [-0.1, -0.05) is 11.6 Å². The molecule has 0 heterocycles. The quantitative estimate of drug-likeness (QED) is 0.769. The molecule has 0 saturated heterocycles. The van der Waals surface area contributed by atoms with Crippen LogP contribution in [0.15, 0.2) is 18.2 Å². The molecular weight excluding hydrogens is 252 g/mol. The number of benzene rings is 1. The van der Waals surface area contributed by atoms with Gasteiger partial charge in [-0.3, -0.25) is 4.79 Å². The monoisotopic (exact) mass is 266 g/mol. The van der Waals surface area contributed by atoms with E-state index in [1.807, 2.05) is 11.9 Å². The Morgan fingerprint density at radius 1 is 1.56 bits per heavy atom. The van der Waals surface area contributed by atoms with Crippen LogP contribution in [0, 0.1) is 11.3 Å². The molecule has 0 spiro atoms. The van der Waals surface area contributed by atoms with Crippen LogP contribution in [0.25, 0.3) is 0 Å². The number of esters is 1. The second-order valence-electron chi connectivity index (χ2n) is 3.75. The summed E-state index contributed by atoms with van der Waals surface area (Å²) in [5.41, 5.74) is 1.25. The average Bonchev–Trinajstić information content (AvgIpc) is 2.36. The smallest absolute Gasteiger partial charge is 0.307 e. The number of hydrogen-bond donors (Lipinski definition) is 0. The fourth-order valence-electron chi connectivity index (χ4n) is 1.53. The number of halogens is 1. The fourth-order valence-corrected chi connectivity index (χ4v) is 1.69. The molecule has 0 N–H and O–H groups in total. The number of hydrogen-bond acceptors (Lipinski definition) is 4. The topological polar surface area (TPSA) is 53.3 Å². The lowest BCUT2D eigenvalue weighted by Gasteiger charge is -2.20. The van der Waals surface area contributed by atoms with Crippen LogP contribution < -0.4 is 4.90 Å². The lowest BCUT2D eigenvalue weighted by molar-refractivity contribution is -0.142. The van der Waals surface area contributed by atoms with Gasteiger partial charge in [0.05, 0.1) is 24.3 Å². The van der Waals surface area contributed by atoms with Gasteiger partial charge >= 0.3 is 5.97 Å². The van der Waals surface area contributed by atoms with E-state index in [-0.39, 0.29) is 12.4 Å². The van der Waals surface area contributed by atoms with Gasteiger partial charge in [-0.15, -0.1) is 0 Å². The molecule has 0 aliphatic carbocycles. The Hall–Kier alpha value is -1.73. The first-order chi connectivity index (χ1) is 8.58. The van der Waals surface area contributed by atoms with E-state index in [0.717, 1.165) is 0 Å². The highest BCUT2D eigenvalue weighted by Crippen LogP contribution is 2.23. The Kier molecular flexibility index (Phi) is 5.47. The van der Waals surface area contributed by atoms with E-state index in [4.69, 9.17) is 21.6 Å². The molecule has 0 amide bonds.